The topological polar surface area (TPSA) is 38.9 Å². The third kappa shape index (κ3) is 6.66. The van der Waals surface area contributed by atoms with Crippen LogP contribution < -0.4 is 4.90 Å². The van der Waals surface area contributed by atoms with Crippen molar-refractivity contribution in [2.75, 3.05) is 4.90 Å². The monoisotopic (exact) mass is 974 g/mol. The molecule has 0 fully saturated rings. The molecular weight excluding hydrogens is 926 g/mol. The summed E-state index contributed by atoms with van der Waals surface area (Å²) < 4.78 is 4.40. The molecule has 10 rings (SSSR count). The van der Waals surface area contributed by atoms with E-state index in [0.717, 1.165) is 73.1 Å². The third-order valence-electron chi connectivity index (χ3n) is 12.2. The summed E-state index contributed by atoms with van der Waals surface area (Å²) in [6, 6.07) is 60.0. The molecule has 0 saturated heterocycles. The van der Waals surface area contributed by atoms with E-state index in [1.807, 2.05) is 6.20 Å². The zero-order valence-corrected chi connectivity index (χ0v) is 38.3. The maximum absolute atomic E-state index is 5.52. The molecule has 1 aliphatic rings. The molecule has 6 heteroatoms. The van der Waals surface area contributed by atoms with Crippen LogP contribution in [0.25, 0.3) is 55.7 Å². The van der Waals surface area contributed by atoms with E-state index in [1.165, 1.54) is 22.1 Å². The van der Waals surface area contributed by atoms with Crippen molar-refractivity contribution in [3.05, 3.63) is 186 Å². The number of hydrogen-bond acceptors (Lipinski definition) is 3. The Morgan fingerprint density at radius 2 is 1.25 bits per heavy atom. The van der Waals surface area contributed by atoms with Gasteiger partial charge in [0.1, 0.15) is 5.82 Å². The van der Waals surface area contributed by atoms with Crippen LogP contribution in [-0.2, 0) is 37.3 Å². The summed E-state index contributed by atoms with van der Waals surface area (Å²) in [6.45, 7) is 18.1. The maximum atomic E-state index is 5.52. The predicted octanol–water partition coefficient (Wildman–Crippen LogP) is 14.0. The minimum absolute atomic E-state index is 0. The van der Waals surface area contributed by atoms with E-state index in [-0.39, 0.29) is 37.3 Å². The van der Waals surface area contributed by atoms with E-state index >= 15 is 0 Å². The first-order valence-corrected chi connectivity index (χ1v) is 20.9. The van der Waals surface area contributed by atoms with Crippen LogP contribution in [0.5, 0.6) is 0 Å². The summed E-state index contributed by atoms with van der Waals surface area (Å²) in [4.78, 5) is 7.32. The number of pyridine rings is 1. The van der Waals surface area contributed by atoms with Crippen LogP contribution in [0.2, 0.25) is 0 Å². The Balaban J connectivity index is 0.00000476. The van der Waals surface area contributed by atoms with Crippen LogP contribution in [-0.4, -0.2) is 19.3 Å². The second-order valence-corrected chi connectivity index (χ2v) is 18.7. The molecule has 0 saturated carbocycles. The van der Waals surface area contributed by atoms with Gasteiger partial charge in [-0.1, -0.05) is 169 Å². The van der Waals surface area contributed by atoms with Gasteiger partial charge in [-0.3, -0.25) is 4.68 Å². The number of rotatable bonds is 5. The molecular formula is C55H49N5Pt. The van der Waals surface area contributed by atoms with E-state index in [0.29, 0.717) is 0 Å². The average Bonchev–Trinajstić information content (AvgIpc) is 3.82. The number of para-hydroxylation sites is 2. The molecule has 4 heterocycles. The molecule has 304 valence electrons. The van der Waals surface area contributed by atoms with Crippen molar-refractivity contribution in [1.29, 1.82) is 0 Å². The third-order valence-corrected chi connectivity index (χ3v) is 12.2. The molecule has 0 radical (unpaired) electrons. The van der Waals surface area contributed by atoms with E-state index in [1.54, 1.807) is 0 Å². The molecule has 0 aliphatic carbocycles. The zero-order chi connectivity index (χ0) is 41.6. The molecule has 0 N–H and O–H groups in total. The fourth-order valence-corrected chi connectivity index (χ4v) is 9.10. The van der Waals surface area contributed by atoms with Crippen molar-refractivity contribution in [3.63, 3.8) is 0 Å². The first-order valence-electron chi connectivity index (χ1n) is 20.9. The number of fused-ring (bicyclic) bond motifs is 5. The molecule has 9 aromatic rings. The van der Waals surface area contributed by atoms with E-state index in [4.69, 9.17) is 10.1 Å². The van der Waals surface area contributed by atoms with E-state index in [9.17, 15) is 0 Å². The summed E-state index contributed by atoms with van der Waals surface area (Å²) >= 11 is 0. The van der Waals surface area contributed by atoms with Crippen molar-refractivity contribution >= 4 is 38.9 Å². The van der Waals surface area contributed by atoms with Gasteiger partial charge < -0.3 is 9.47 Å². The Kier molecular flexibility index (Phi) is 9.83. The first kappa shape index (κ1) is 40.4. The summed E-state index contributed by atoms with van der Waals surface area (Å²) in [5, 5.41) is 7.82. The second-order valence-electron chi connectivity index (χ2n) is 18.7. The smallest absolute Gasteiger partial charge is 0.358 e. The molecule has 0 atom stereocenters. The molecule has 3 aromatic heterocycles. The quantitative estimate of drug-likeness (QED) is 0.161. The number of nitrogens with zero attached hydrogens (tertiary/aromatic N) is 5. The summed E-state index contributed by atoms with van der Waals surface area (Å²) in [5.74, 6) is 0.882. The van der Waals surface area contributed by atoms with Crippen LogP contribution in [0.4, 0.5) is 17.1 Å². The zero-order valence-electron chi connectivity index (χ0n) is 36.0. The first-order chi connectivity index (χ1) is 28.8. The SMILES string of the molecule is CC(C)(C)c1ccnc(-n2c3[c-]c(N4c5[c-]c(-n6nc(C(C)(C)C)c(-c7ccccc7)c6-c6ccccc6)ccc5C(C)(C)c5ccccc54)ccc3c3ccccc32)c1.[Pt+2]. The van der Waals surface area contributed by atoms with Gasteiger partial charge in [0.05, 0.1) is 11.4 Å². The van der Waals surface area contributed by atoms with Gasteiger partial charge in [0.2, 0.25) is 0 Å². The summed E-state index contributed by atoms with van der Waals surface area (Å²) in [7, 11) is 0. The van der Waals surface area contributed by atoms with Gasteiger partial charge in [0.15, 0.2) is 0 Å². The van der Waals surface area contributed by atoms with Crippen LogP contribution in [0.15, 0.2) is 152 Å². The van der Waals surface area contributed by atoms with Gasteiger partial charge in [-0.05, 0) is 62.9 Å². The molecule has 0 amide bonds. The second kappa shape index (κ2) is 14.9. The Morgan fingerprint density at radius 3 is 1.97 bits per heavy atom. The fraction of sp³-hybridized carbons (Fsp3) is 0.200. The van der Waals surface area contributed by atoms with Crippen LogP contribution in [0, 0.1) is 12.1 Å². The van der Waals surface area contributed by atoms with E-state index < -0.39 is 0 Å². The average molecular weight is 975 g/mol. The van der Waals surface area contributed by atoms with Crippen LogP contribution >= 0.6 is 0 Å². The van der Waals surface area contributed by atoms with Crippen LogP contribution in [0.3, 0.4) is 0 Å². The molecule has 0 bridgehead atoms. The molecule has 0 spiro atoms. The fourth-order valence-electron chi connectivity index (χ4n) is 9.10. The van der Waals surface area contributed by atoms with E-state index in [2.05, 4.69) is 227 Å². The maximum Gasteiger partial charge on any atom is 2.00 e. The van der Waals surface area contributed by atoms with Crippen LogP contribution in [0.1, 0.15) is 77.8 Å². The van der Waals surface area contributed by atoms with Gasteiger partial charge in [0, 0.05) is 33.9 Å². The molecule has 6 aromatic carbocycles. The van der Waals surface area contributed by atoms with Crippen molar-refractivity contribution in [2.24, 2.45) is 0 Å². The molecule has 0 unspecified atom stereocenters. The minimum atomic E-state index is -0.300. The number of hydrogen-bond donors (Lipinski definition) is 0. The minimum Gasteiger partial charge on any atom is -0.358 e. The Morgan fingerprint density at radius 1 is 0.590 bits per heavy atom. The molecule has 1 aliphatic heterocycles. The Hall–Kier alpha value is -6.03. The number of aromatic nitrogens is 4. The predicted molar refractivity (Wildman–Crippen MR) is 248 cm³/mol. The van der Waals surface area contributed by atoms with Crippen molar-refractivity contribution in [1.82, 2.24) is 19.3 Å². The van der Waals surface area contributed by atoms with Gasteiger partial charge in [-0.2, -0.15) is 17.2 Å². The number of anilines is 3. The number of benzene rings is 6. The van der Waals surface area contributed by atoms with Crippen molar-refractivity contribution in [2.45, 2.75) is 71.6 Å². The van der Waals surface area contributed by atoms with Gasteiger partial charge in [-0.25, -0.2) is 4.98 Å². The Labute approximate surface area is 374 Å². The standard InChI is InChI=1S/C55H49N5.Pt/c1-53(2,3)38-31-32-56-49(33-38)59-45-25-17-15-23-41(45)42-29-27-39(34-47(42)59)58-46-26-18-16-24-43(46)55(7,8)44-30-28-40(35-48(44)58)60-51(37-21-13-10-14-22-37)50(36-19-11-9-12-20-36)52(57-60)54(4,5)6;/h9-33H,1-8H3;/q-2;+2. The summed E-state index contributed by atoms with van der Waals surface area (Å²) in [6.07, 6.45) is 1.93. The van der Waals surface area contributed by atoms with Crippen molar-refractivity contribution < 1.29 is 21.1 Å². The Bertz CT molecular complexity index is 3090. The van der Waals surface area contributed by atoms with Gasteiger partial charge >= 0.3 is 21.1 Å². The van der Waals surface area contributed by atoms with Crippen molar-refractivity contribution in [3.8, 4) is 33.9 Å². The molecule has 61 heavy (non-hydrogen) atoms. The normalized spacial score (nSPS) is 13.5. The summed E-state index contributed by atoms with van der Waals surface area (Å²) in [5.41, 5.74) is 14.6. The van der Waals surface area contributed by atoms with Gasteiger partial charge in [0.25, 0.3) is 0 Å². The largest absolute Gasteiger partial charge is 2.00 e. The molecule has 5 nitrogen and oxygen atoms in total. The van der Waals surface area contributed by atoms with Gasteiger partial charge in [-0.15, -0.1) is 35.2 Å².